The van der Waals surface area contributed by atoms with Gasteiger partial charge in [0, 0.05) is 0 Å². The summed E-state index contributed by atoms with van der Waals surface area (Å²) in [5, 5.41) is 6.16. The van der Waals surface area contributed by atoms with Crippen molar-refractivity contribution in [3.63, 3.8) is 0 Å². The maximum absolute atomic E-state index is 13.5. The van der Waals surface area contributed by atoms with Gasteiger partial charge in [-0.1, -0.05) is 24.3 Å². The molecule has 0 radical (unpaired) electrons. The lowest BCUT2D eigenvalue weighted by Gasteiger charge is -2.09. The number of halogens is 1. The van der Waals surface area contributed by atoms with Crippen LogP contribution in [-0.2, 0) is 6.54 Å². The van der Waals surface area contributed by atoms with Gasteiger partial charge in [-0.2, -0.15) is 0 Å². The highest BCUT2D eigenvalue weighted by Crippen LogP contribution is 2.12. The van der Waals surface area contributed by atoms with Gasteiger partial charge in [0.05, 0.1) is 23.3 Å². The van der Waals surface area contributed by atoms with E-state index >= 15 is 0 Å². The van der Waals surface area contributed by atoms with Crippen LogP contribution in [0.2, 0.25) is 0 Å². The lowest BCUT2D eigenvalue weighted by Crippen LogP contribution is -2.28. The van der Waals surface area contributed by atoms with Gasteiger partial charge in [-0.05, 0) is 36.5 Å². The minimum absolute atomic E-state index is 0.342. The molecule has 0 atom stereocenters. The van der Waals surface area contributed by atoms with Crippen LogP contribution < -0.4 is 10.6 Å². The summed E-state index contributed by atoms with van der Waals surface area (Å²) in [6, 6.07) is 14.2. The van der Waals surface area contributed by atoms with Crippen LogP contribution in [0.1, 0.15) is 5.82 Å². The molecule has 21 heavy (non-hydrogen) atoms. The average Bonchev–Trinajstić information content (AvgIpc) is 2.90. The number of hydrogen-bond donors (Lipinski definition) is 3. The molecule has 1 aromatic heterocycles. The van der Waals surface area contributed by atoms with E-state index in [-0.39, 0.29) is 5.82 Å². The van der Waals surface area contributed by atoms with Crippen molar-refractivity contribution in [2.75, 3.05) is 5.32 Å². The van der Waals surface area contributed by atoms with E-state index in [0.29, 0.717) is 17.3 Å². The molecule has 0 bridgehead atoms. The Morgan fingerprint density at radius 1 is 1.14 bits per heavy atom. The summed E-state index contributed by atoms with van der Waals surface area (Å²) < 4.78 is 13.5. The number of benzene rings is 2. The van der Waals surface area contributed by atoms with E-state index < -0.39 is 0 Å². The van der Waals surface area contributed by atoms with Crippen molar-refractivity contribution >= 4 is 34.1 Å². The molecule has 1 heterocycles. The molecular formula is C15H13FN4S. The zero-order chi connectivity index (χ0) is 14.7. The number of hydrogen-bond acceptors (Lipinski definition) is 2. The number of thiocarbonyl (C=S) groups is 1. The van der Waals surface area contributed by atoms with Crippen molar-refractivity contribution in [1.82, 2.24) is 15.3 Å². The maximum Gasteiger partial charge on any atom is 0.171 e. The quantitative estimate of drug-likeness (QED) is 0.650. The van der Waals surface area contributed by atoms with Gasteiger partial charge in [-0.3, -0.25) is 0 Å². The van der Waals surface area contributed by atoms with Gasteiger partial charge >= 0.3 is 0 Å². The zero-order valence-electron chi connectivity index (χ0n) is 11.1. The van der Waals surface area contributed by atoms with Crippen LogP contribution in [0.3, 0.4) is 0 Å². The molecule has 3 N–H and O–H groups in total. The number of aromatic nitrogens is 2. The molecular weight excluding hydrogens is 287 g/mol. The molecule has 3 rings (SSSR count). The Hall–Kier alpha value is -2.47. The Morgan fingerprint density at radius 3 is 2.71 bits per heavy atom. The van der Waals surface area contributed by atoms with Gasteiger partial charge in [0.1, 0.15) is 11.6 Å². The molecule has 0 fully saturated rings. The molecule has 2 aromatic carbocycles. The topological polar surface area (TPSA) is 52.7 Å². The summed E-state index contributed by atoms with van der Waals surface area (Å²) in [7, 11) is 0. The summed E-state index contributed by atoms with van der Waals surface area (Å²) in [5.74, 6) is 0.430. The molecule has 6 heteroatoms. The highest BCUT2D eigenvalue weighted by Gasteiger charge is 2.05. The summed E-state index contributed by atoms with van der Waals surface area (Å²) >= 11 is 5.15. The van der Waals surface area contributed by atoms with Crippen LogP contribution >= 0.6 is 12.2 Å². The molecule has 0 aliphatic rings. The second-order valence-electron chi connectivity index (χ2n) is 4.49. The average molecular weight is 300 g/mol. The Bertz CT molecular complexity index is 751. The predicted molar refractivity (Wildman–Crippen MR) is 85.6 cm³/mol. The van der Waals surface area contributed by atoms with Crippen LogP contribution in [0.15, 0.2) is 48.5 Å². The first-order valence-corrected chi connectivity index (χ1v) is 6.86. The van der Waals surface area contributed by atoms with Crippen molar-refractivity contribution in [3.8, 4) is 0 Å². The first-order chi connectivity index (χ1) is 10.2. The molecule has 4 nitrogen and oxygen atoms in total. The Kier molecular flexibility index (Phi) is 3.79. The smallest absolute Gasteiger partial charge is 0.171 e. The van der Waals surface area contributed by atoms with E-state index in [9.17, 15) is 4.39 Å². The van der Waals surface area contributed by atoms with Crippen LogP contribution in [0.4, 0.5) is 10.1 Å². The molecule has 0 spiro atoms. The number of anilines is 1. The van der Waals surface area contributed by atoms with E-state index in [1.165, 1.54) is 6.07 Å². The van der Waals surface area contributed by atoms with E-state index in [4.69, 9.17) is 12.2 Å². The molecule has 0 saturated carbocycles. The van der Waals surface area contributed by atoms with E-state index in [1.54, 1.807) is 18.2 Å². The lowest BCUT2D eigenvalue weighted by molar-refractivity contribution is 0.632. The number of fused-ring (bicyclic) bond motifs is 1. The SMILES string of the molecule is Fc1ccccc1NC(=S)NCc1nc2ccccc2[nH]1. The molecule has 0 amide bonds. The van der Waals surface area contributed by atoms with Crippen molar-refractivity contribution in [1.29, 1.82) is 0 Å². The minimum atomic E-state index is -0.342. The predicted octanol–water partition coefficient (Wildman–Crippen LogP) is 3.19. The number of imidazole rings is 1. The Balaban J connectivity index is 1.62. The van der Waals surface area contributed by atoms with Gasteiger partial charge in [-0.25, -0.2) is 9.37 Å². The van der Waals surface area contributed by atoms with E-state index in [0.717, 1.165) is 16.9 Å². The van der Waals surface area contributed by atoms with E-state index in [1.807, 2.05) is 24.3 Å². The van der Waals surface area contributed by atoms with Crippen LogP contribution in [-0.4, -0.2) is 15.1 Å². The first kappa shape index (κ1) is 13.5. The highest BCUT2D eigenvalue weighted by molar-refractivity contribution is 7.80. The minimum Gasteiger partial charge on any atom is -0.355 e. The third kappa shape index (κ3) is 3.17. The van der Waals surface area contributed by atoms with Gasteiger partial charge < -0.3 is 15.6 Å². The molecule has 0 unspecified atom stereocenters. The standard InChI is InChI=1S/C15H13FN4S/c16-10-5-1-2-6-11(10)20-15(21)17-9-14-18-12-7-3-4-8-13(12)19-14/h1-8H,9H2,(H,18,19)(H2,17,20,21). The van der Waals surface area contributed by atoms with Crippen molar-refractivity contribution in [3.05, 3.63) is 60.2 Å². The lowest BCUT2D eigenvalue weighted by atomic mass is 10.3. The summed E-state index contributed by atoms with van der Waals surface area (Å²) in [4.78, 5) is 7.62. The fourth-order valence-electron chi connectivity index (χ4n) is 1.98. The highest BCUT2D eigenvalue weighted by atomic mass is 32.1. The van der Waals surface area contributed by atoms with Crippen molar-refractivity contribution in [2.24, 2.45) is 0 Å². The molecule has 106 valence electrons. The third-order valence-corrected chi connectivity index (χ3v) is 3.22. The van der Waals surface area contributed by atoms with Gasteiger partial charge in [0.2, 0.25) is 0 Å². The number of nitrogens with one attached hydrogen (secondary N) is 3. The number of aromatic amines is 1. The number of nitrogens with zero attached hydrogens (tertiary/aromatic N) is 1. The number of para-hydroxylation sites is 3. The largest absolute Gasteiger partial charge is 0.355 e. The molecule has 0 saturated heterocycles. The van der Waals surface area contributed by atoms with Gasteiger partial charge in [-0.15, -0.1) is 0 Å². The second-order valence-corrected chi connectivity index (χ2v) is 4.90. The van der Waals surface area contributed by atoms with Gasteiger partial charge in [0.15, 0.2) is 5.11 Å². The first-order valence-electron chi connectivity index (χ1n) is 6.45. The van der Waals surface area contributed by atoms with Gasteiger partial charge in [0.25, 0.3) is 0 Å². The Morgan fingerprint density at radius 2 is 1.90 bits per heavy atom. The zero-order valence-corrected chi connectivity index (χ0v) is 11.9. The molecule has 0 aliphatic heterocycles. The van der Waals surface area contributed by atoms with Crippen LogP contribution in [0, 0.1) is 5.82 Å². The van der Waals surface area contributed by atoms with Crippen LogP contribution in [0.25, 0.3) is 11.0 Å². The van der Waals surface area contributed by atoms with E-state index in [2.05, 4.69) is 20.6 Å². The second kappa shape index (κ2) is 5.88. The normalized spacial score (nSPS) is 10.5. The summed E-state index contributed by atoms with van der Waals surface area (Å²) in [6.07, 6.45) is 0. The summed E-state index contributed by atoms with van der Waals surface area (Å²) in [5.41, 5.74) is 2.23. The van der Waals surface area contributed by atoms with Crippen molar-refractivity contribution < 1.29 is 4.39 Å². The monoisotopic (exact) mass is 300 g/mol. The maximum atomic E-state index is 13.5. The fourth-order valence-corrected chi connectivity index (χ4v) is 2.16. The summed E-state index contributed by atoms with van der Waals surface area (Å²) in [6.45, 7) is 0.439. The molecule has 0 aliphatic carbocycles. The Labute approximate surface area is 126 Å². The number of H-pyrrole nitrogens is 1. The van der Waals surface area contributed by atoms with Crippen LogP contribution in [0.5, 0.6) is 0 Å². The number of rotatable bonds is 3. The van der Waals surface area contributed by atoms with Crippen molar-refractivity contribution in [2.45, 2.75) is 6.54 Å². The molecule has 3 aromatic rings. The fraction of sp³-hybridized carbons (Fsp3) is 0.0667. The third-order valence-electron chi connectivity index (χ3n) is 2.98.